The lowest BCUT2D eigenvalue weighted by Crippen LogP contribution is -2.42. The summed E-state index contributed by atoms with van der Waals surface area (Å²) in [4.78, 5) is 47.2. The average Bonchev–Trinajstić information content (AvgIpc) is 2.78. The van der Waals surface area contributed by atoms with E-state index < -0.39 is 35.8 Å². The number of carbonyl (C=O) groups is 4. The summed E-state index contributed by atoms with van der Waals surface area (Å²) < 4.78 is 0. The zero-order valence-electron chi connectivity index (χ0n) is 18.4. The number of hydrogen-bond donors (Lipinski definition) is 6. The van der Waals surface area contributed by atoms with Crippen LogP contribution in [0.1, 0.15) is 36.8 Å². The third kappa shape index (κ3) is 9.19. The minimum absolute atomic E-state index is 0.0164. The lowest BCUT2D eigenvalue weighted by atomic mass is 10.0. The molecule has 2 rings (SSSR count). The summed E-state index contributed by atoms with van der Waals surface area (Å²) >= 11 is 0. The van der Waals surface area contributed by atoms with E-state index >= 15 is 0 Å². The highest BCUT2D eigenvalue weighted by molar-refractivity contribution is 5.84. The molecule has 0 saturated carbocycles. The Hall–Kier alpha value is -4.08. The van der Waals surface area contributed by atoms with Crippen molar-refractivity contribution in [1.29, 1.82) is 0 Å². The molecule has 0 aromatic heterocycles. The van der Waals surface area contributed by atoms with Crippen LogP contribution in [-0.2, 0) is 32.0 Å². The van der Waals surface area contributed by atoms with Gasteiger partial charge in [0.2, 0.25) is 11.8 Å². The van der Waals surface area contributed by atoms with Gasteiger partial charge in [-0.2, -0.15) is 0 Å². The van der Waals surface area contributed by atoms with E-state index in [-0.39, 0.29) is 37.2 Å². The van der Waals surface area contributed by atoms with E-state index in [0.717, 1.165) is 0 Å². The molecular weight excluding hydrogens is 444 g/mol. The molecule has 10 nitrogen and oxygen atoms in total. The van der Waals surface area contributed by atoms with Gasteiger partial charge in [-0.15, -0.1) is 0 Å². The molecule has 2 aromatic rings. The normalized spacial score (nSPS) is 12.4. The highest BCUT2D eigenvalue weighted by Gasteiger charge is 2.22. The maximum Gasteiger partial charge on any atom is 0.326 e. The summed E-state index contributed by atoms with van der Waals surface area (Å²) in [7, 11) is 0. The van der Waals surface area contributed by atoms with Crippen molar-refractivity contribution in [3.05, 3.63) is 59.7 Å². The van der Waals surface area contributed by atoms with E-state index in [0.29, 0.717) is 24.0 Å². The molecule has 2 atom stereocenters. The van der Waals surface area contributed by atoms with Gasteiger partial charge in [0.05, 0.1) is 0 Å². The molecule has 0 saturated heterocycles. The standard InChI is InChI=1S/C24H28N2O8/c27-17-9-5-15(6-10-17)13-19(23(31)32)25-21(29)3-1-2-4-22(30)26-20(24(33)34)14-16-7-11-18(28)12-8-16/h5-12,19-20,27-28H,1-4,13-14H2,(H,25,29)(H,26,30)(H,31,32)(H,33,34)/t19-,20+. The van der Waals surface area contributed by atoms with Crippen molar-refractivity contribution in [2.24, 2.45) is 0 Å². The number of nitrogens with one attached hydrogen (secondary N) is 2. The molecule has 34 heavy (non-hydrogen) atoms. The van der Waals surface area contributed by atoms with E-state index in [9.17, 15) is 39.6 Å². The quantitative estimate of drug-likeness (QED) is 0.238. The largest absolute Gasteiger partial charge is 0.508 e. The van der Waals surface area contributed by atoms with Gasteiger partial charge in [0.25, 0.3) is 0 Å². The smallest absolute Gasteiger partial charge is 0.326 e. The van der Waals surface area contributed by atoms with E-state index in [1.165, 1.54) is 24.3 Å². The second-order valence-corrected chi connectivity index (χ2v) is 7.86. The fourth-order valence-corrected chi connectivity index (χ4v) is 3.24. The summed E-state index contributed by atoms with van der Waals surface area (Å²) in [5, 5.41) is 42.2. The lowest BCUT2D eigenvalue weighted by Gasteiger charge is -2.15. The number of unbranched alkanes of at least 4 members (excludes halogenated alkanes) is 1. The van der Waals surface area contributed by atoms with Gasteiger partial charge in [-0.1, -0.05) is 24.3 Å². The topological polar surface area (TPSA) is 173 Å². The molecular formula is C24H28N2O8. The Labute approximate surface area is 196 Å². The number of carboxylic acid groups (broad SMARTS) is 2. The van der Waals surface area contributed by atoms with Crippen molar-refractivity contribution in [3.63, 3.8) is 0 Å². The van der Waals surface area contributed by atoms with Gasteiger partial charge >= 0.3 is 11.9 Å². The summed E-state index contributed by atoms with van der Waals surface area (Å²) in [6.07, 6.45) is 0.786. The Kier molecular flexibility index (Phi) is 9.88. The lowest BCUT2D eigenvalue weighted by molar-refractivity contribution is -0.142. The Bertz CT molecular complexity index is 908. The van der Waals surface area contributed by atoms with Gasteiger partial charge in [-0.25, -0.2) is 9.59 Å². The molecule has 0 bridgehead atoms. The van der Waals surface area contributed by atoms with Crippen LogP contribution in [0.15, 0.2) is 48.5 Å². The average molecular weight is 472 g/mol. The van der Waals surface area contributed by atoms with Crippen LogP contribution in [0.3, 0.4) is 0 Å². The van der Waals surface area contributed by atoms with E-state index in [4.69, 9.17) is 0 Å². The number of carbonyl (C=O) groups excluding carboxylic acids is 2. The van der Waals surface area contributed by atoms with Gasteiger partial charge < -0.3 is 31.1 Å². The zero-order valence-corrected chi connectivity index (χ0v) is 18.4. The van der Waals surface area contributed by atoms with Crippen molar-refractivity contribution in [1.82, 2.24) is 10.6 Å². The van der Waals surface area contributed by atoms with Crippen molar-refractivity contribution < 1.29 is 39.6 Å². The number of aromatic hydroxyl groups is 2. The molecule has 2 aromatic carbocycles. The highest BCUT2D eigenvalue weighted by Crippen LogP contribution is 2.13. The highest BCUT2D eigenvalue weighted by atomic mass is 16.4. The van der Waals surface area contributed by atoms with E-state index in [2.05, 4.69) is 10.6 Å². The number of aliphatic carboxylic acids is 2. The third-order valence-corrected chi connectivity index (χ3v) is 5.08. The Balaban J connectivity index is 1.73. The number of hydrogen-bond acceptors (Lipinski definition) is 6. The third-order valence-electron chi connectivity index (χ3n) is 5.08. The number of phenolic OH excluding ortho intramolecular Hbond substituents is 2. The fraction of sp³-hybridized carbons (Fsp3) is 0.333. The Morgan fingerprint density at radius 3 is 1.24 bits per heavy atom. The molecule has 0 spiro atoms. The number of benzene rings is 2. The summed E-state index contributed by atoms with van der Waals surface area (Å²) in [5.41, 5.74) is 1.28. The molecule has 10 heteroatoms. The molecule has 6 N–H and O–H groups in total. The number of phenols is 2. The number of amides is 2. The van der Waals surface area contributed by atoms with Crippen LogP contribution in [0.5, 0.6) is 11.5 Å². The molecule has 182 valence electrons. The maximum atomic E-state index is 12.1. The van der Waals surface area contributed by atoms with Crippen molar-refractivity contribution in [2.75, 3.05) is 0 Å². The molecule has 2 amide bonds. The molecule has 0 aliphatic heterocycles. The molecule has 0 aliphatic rings. The second kappa shape index (κ2) is 12.8. The van der Waals surface area contributed by atoms with Gasteiger partial charge in [0.15, 0.2) is 0 Å². The first-order valence-electron chi connectivity index (χ1n) is 10.7. The number of rotatable bonds is 13. The SMILES string of the molecule is O=C(CCCCC(=O)N[C@H](Cc1ccc(O)cc1)C(=O)O)N[C@@H](Cc1ccc(O)cc1)C(=O)O. The Morgan fingerprint density at radius 1 is 0.618 bits per heavy atom. The van der Waals surface area contributed by atoms with Crippen molar-refractivity contribution in [2.45, 2.75) is 50.6 Å². The minimum atomic E-state index is -1.19. The van der Waals surface area contributed by atoms with Gasteiger partial charge in [-0.05, 0) is 48.2 Å². The first kappa shape index (κ1) is 26.2. The predicted octanol–water partition coefficient (Wildman–Crippen LogP) is 1.58. The van der Waals surface area contributed by atoms with Crippen LogP contribution in [0.25, 0.3) is 0 Å². The maximum absolute atomic E-state index is 12.1. The monoisotopic (exact) mass is 472 g/mol. The zero-order chi connectivity index (χ0) is 25.1. The van der Waals surface area contributed by atoms with E-state index in [1.54, 1.807) is 24.3 Å². The molecule has 0 unspecified atom stereocenters. The van der Waals surface area contributed by atoms with Crippen LogP contribution in [-0.4, -0.2) is 56.3 Å². The second-order valence-electron chi connectivity index (χ2n) is 7.86. The number of carboxylic acids is 2. The molecule has 0 aliphatic carbocycles. The van der Waals surface area contributed by atoms with Crippen LogP contribution in [0.2, 0.25) is 0 Å². The van der Waals surface area contributed by atoms with Crippen molar-refractivity contribution >= 4 is 23.8 Å². The first-order chi connectivity index (χ1) is 16.1. The summed E-state index contributed by atoms with van der Waals surface area (Å²) in [6, 6.07) is 9.75. The van der Waals surface area contributed by atoms with Gasteiger partial charge in [0, 0.05) is 25.7 Å². The van der Waals surface area contributed by atoms with Crippen LogP contribution < -0.4 is 10.6 Å². The Morgan fingerprint density at radius 2 is 0.941 bits per heavy atom. The van der Waals surface area contributed by atoms with Crippen LogP contribution >= 0.6 is 0 Å². The van der Waals surface area contributed by atoms with Gasteiger partial charge in [-0.3, -0.25) is 9.59 Å². The molecule has 0 fully saturated rings. The first-order valence-corrected chi connectivity index (χ1v) is 10.7. The predicted molar refractivity (Wildman–Crippen MR) is 121 cm³/mol. The molecule has 0 heterocycles. The van der Waals surface area contributed by atoms with Crippen LogP contribution in [0.4, 0.5) is 0 Å². The van der Waals surface area contributed by atoms with Crippen LogP contribution in [0, 0.1) is 0 Å². The van der Waals surface area contributed by atoms with Crippen molar-refractivity contribution in [3.8, 4) is 11.5 Å². The fourth-order valence-electron chi connectivity index (χ4n) is 3.24. The van der Waals surface area contributed by atoms with E-state index in [1.807, 2.05) is 0 Å². The minimum Gasteiger partial charge on any atom is -0.508 e. The summed E-state index contributed by atoms with van der Waals surface area (Å²) in [5.74, 6) is -3.20. The van der Waals surface area contributed by atoms with Gasteiger partial charge in [0.1, 0.15) is 23.6 Å². The molecule has 0 radical (unpaired) electrons. The summed E-state index contributed by atoms with van der Waals surface area (Å²) in [6.45, 7) is 0.